The average molecular weight is 343 g/mol. The van der Waals surface area contributed by atoms with Crippen molar-refractivity contribution in [3.8, 4) is 0 Å². The van der Waals surface area contributed by atoms with Gasteiger partial charge in [0.1, 0.15) is 11.4 Å². The smallest absolute Gasteiger partial charge is 0.319 e. The number of urea groups is 1. The van der Waals surface area contributed by atoms with E-state index in [4.69, 9.17) is 0 Å². The van der Waals surface area contributed by atoms with E-state index in [1.165, 1.54) is 49.4 Å². The summed E-state index contributed by atoms with van der Waals surface area (Å²) in [5.41, 5.74) is -0.533. The third-order valence-electron chi connectivity index (χ3n) is 4.16. The Balaban J connectivity index is 1.87. The Kier molecular flexibility index (Phi) is 3.96. The zero-order chi connectivity index (χ0) is 18.2. The Bertz CT molecular complexity index is 868. The Labute approximate surface area is 142 Å². The van der Waals surface area contributed by atoms with Gasteiger partial charge in [0, 0.05) is 12.1 Å². The number of imide groups is 1. The minimum Gasteiger partial charge on any atom is -0.319 e. The number of carbonyl (C=O) groups is 2. The van der Waals surface area contributed by atoms with Crippen molar-refractivity contribution in [3.63, 3.8) is 0 Å². The third-order valence-corrected chi connectivity index (χ3v) is 4.16. The molecule has 1 atom stereocenters. The predicted octanol–water partition coefficient (Wildman–Crippen LogP) is 2.70. The summed E-state index contributed by atoms with van der Waals surface area (Å²) in [6.07, 6.45) is 0. The molecule has 3 amide bonds. The van der Waals surface area contributed by atoms with Crippen molar-refractivity contribution in [3.05, 3.63) is 75.6 Å². The first-order valence-electron chi connectivity index (χ1n) is 7.45. The van der Waals surface area contributed by atoms with Crippen LogP contribution in [-0.4, -0.2) is 21.8 Å². The second kappa shape index (κ2) is 5.97. The molecule has 1 N–H and O–H groups in total. The number of nitro benzene ring substituents is 1. The summed E-state index contributed by atoms with van der Waals surface area (Å²) in [4.78, 5) is 36.2. The number of hydrogen-bond donors (Lipinski definition) is 1. The van der Waals surface area contributed by atoms with E-state index in [2.05, 4.69) is 5.32 Å². The standard InChI is InChI=1S/C17H14FN3O4/c1-17(12-5-7-14(8-6-12)21(24)25)15(22)20(16(23)19-17)10-11-3-2-4-13(18)9-11/h2-9H,10H2,1H3,(H,19,23). The molecule has 2 aromatic carbocycles. The maximum Gasteiger partial charge on any atom is 0.325 e. The molecule has 2 aromatic rings. The first kappa shape index (κ1) is 16.6. The van der Waals surface area contributed by atoms with Gasteiger partial charge in [-0.15, -0.1) is 0 Å². The van der Waals surface area contributed by atoms with Crippen LogP contribution in [0.1, 0.15) is 18.1 Å². The lowest BCUT2D eigenvalue weighted by molar-refractivity contribution is -0.384. The first-order valence-corrected chi connectivity index (χ1v) is 7.45. The number of hydrogen-bond acceptors (Lipinski definition) is 4. The highest BCUT2D eigenvalue weighted by Crippen LogP contribution is 2.30. The van der Waals surface area contributed by atoms with Gasteiger partial charge in [0.2, 0.25) is 0 Å². The Hall–Kier alpha value is -3.29. The minimum absolute atomic E-state index is 0.0645. The van der Waals surface area contributed by atoms with Crippen LogP contribution in [0.5, 0.6) is 0 Å². The average Bonchev–Trinajstić information content (AvgIpc) is 2.79. The van der Waals surface area contributed by atoms with Crippen LogP contribution in [0.3, 0.4) is 0 Å². The van der Waals surface area contributed by atoms with Crippen molar-refractivity contribution in [2.45, 2.75) is 19.0 Å². The second-order valence-electron chi connectivity index (χ2n) is 5.88. The lowest BCUT2D eigenvalue weighted by Crippen LogP contribution is -2.40. The summed E-state index contributed by atoms with van der Waals surface area (Å²) in [6.45, 7) is 1.46. The molecule has 1 aliphatic heterocycles. The van der Waals surface area contributed by atoms with E-state index in [1.54, 1.807) is 6.07 Å². The summed E-state index contributed by atoms with van der Waals surface area (Å²) in [5, 5.41) is 13.3. The molecule has 8 heteroatoms. The van der Waals surface area contributed by atoms with Crippen molar-refractivity contribution in [2.75, 3.05) is 0 Å². The monoisotopic (exact) mass is 343 g/mol. The number of nitrogens with one attached hydrogen (secondary N) is 1. The SMILES string of the molecule is CC1(c2ccc([N+](=O)[O-])cc2)NC(=O)N(Cc2cccc(F)c2)C1=O. The summed E-state index contributed by atoms with van der Waals surface area (Å²) in [7, 11) is 0. The lowest BCUT2D eigenvalue weighted by Gasteiger charge is -2.22. The molecule has 0 aliphatic carbocycles. The van der Waals surface area contributed by atoms with Crippen LogP contribution in [0, 0.1) is 15.9 Å². The number of nitro groups is 1. The van der Waals surface area contributed by atoms with Crippen LogP contribution in [-0.2, 0) is 16.9 Å². The summed E-state index contributed by atoms with van der Waals surface area (Å²) in [5.74, 6) is -0.960. The fourth-order valence-corrected chi connectivity index (χ4v) is 2.77. The molecule has 128 valence electrons. The Morgan fingerprint density at radius 2 is 1.88 bits per heavy atom. The maximum atomic E-state index is 13.3. The van der Waals surface area contributed by atoms with Crippen molar-refractivity contribution < 1.29 is 18.9 Å². The van der Waals surface area contributed by atoms with Crippen LogP contribution < -0.4 is 5.32 Å². The minimum atomic E-state index is -1.33. The molecule has 1 unspecified atom stereocenters. The maximum absolute atomic E-state index is 13.3. The van der Waals surface area contributed by atoms with Crippen LogP contribution in [0.15, 0.2) is 48.5 Å². The molecule has 1 aliphatic rings. The molecule has 1 heterocycles. The fraction of sp³-hybridized carbons (Fsp3) is 0.176. The quantitative estimate of drug-likeness (QED) is 0.525. The van der Waals surface area contributed by atoms with E-state index in [9.17, 15) is 24.1 Å². The number of benzene rings is 2. The Morgan fingerprint density at radius 1 is 1.20 bits per heavy atom. The third kappa shape index (κ3) is 2.93. The molecular weight excluding hydrogens is 329 g/mol. The number of non-ortho nitro benzene ring substituents is 1. The van der Waals surface area contributed by atoms with Crippen LogP contribution in [0.25, 0.3) is 0 Å². The highest BCUT2D eigenvalue weighted by Gasteiger charge is 2.48. The zero-order valence-electron chi connectivity index (χ0n) is 13.2. The number of halogens is 1. The van der Waals surface area contributed by atoms with Crippen LogP contribution in [0.2, 0.25) is 0 Å². The highest BCUT2D eigenvalue weighted by molar-refractivity contribution is 6.07. The first-order chi connectivity index (χ1) is 11.8. The largest absolute Gasteiger partial charge is 0.325 e. The summed E-state index contributed by atoms with van der Waals surface area (Å²) >= 11 is 0. The van der Waals surface area contributed by atoms with E-state index >= 15 is 0 Å². The van der Waals surface area contributed by atoms with Gasteiger partial charge in [-0.3, -0.25) is 19.8 Å². The Morgan fingerprint density at radius 3 is 2.48 bits per heavy atom. The molecule has 0 aromatic heterocycles. The molecule has 0 radical (unpaired) electrons. The normalized spacial score (nSPS) is 19.8. The van der Waals surface area contributed by atoms with Gasteiger partial charge in [0.05, 0.1) is 11.5 Å². The van der Waals surface area contributed by atoms with E-state index in [-0.39, 0.29) is 12.2 Å². The second-order valence-corrected chi connectivity index (χ2v) is 5.88. The van der Waals surface area contributed by atoms with Gasteiger partial charge in [-0.25, -0.2) is 9.18 Å². The van der Waals surface area contributed by atoms with Gasteiger partial charge in [-0.1, -0.05) is 12.1 Å². The van der Waals surface area contributed by atoms with Gasteiger partial charge in [-0.2, -0.15) is 0 Å². The molecular formula is C17H14FN3O4. The van der Waals surface area contributed by atoms with Gasteiger partial charge in [0.15, 0.2) is 0 Å². The van der Waals surface area contributed by atoms with Crippen LogP contribution in [0.4, 0.5) is 14.9 Å². The topological polar surface area (TPSA) is 92.6 Å². The van der Waals surface area contributed by atoms with E-state index < -0.39 is 28.2 Å². The van der Waals surface area contributed by atoms with Gasteiger partial charge >= 0.3 is 6.03 Å². The fourth-order valence-electron chi connectivity index (χ4n) is 2.77. The molecule has 1 saturated heterocycles. The van der Waals surface area contributed by atoms with Crippen molar-refractivity contribution in [2.24, 2.45) is 0 Å². The highest BCUT2D eigenvalue weighted by atomic mass is 19.1. The number of rotatable bonds is 4. The summed E-state index contributed by atoms with van der Waals surface area (Å²) in [6, 6.07) is 10.5. The van der Waals surface area contributed by atoms with E-state index in [0.717, 1.165) is 4.90 Å². The number of amides is 3. The van der Waals surface area contributed by atoms with Crippen molar-refractivity contribution in [1.82, 2.24) is 10.2 Å². The van der Waals surface area contributed by atoms with Gasteiger partial charge in [-0.05, 0) is 42.3 Å². The number of nitrogens with zero attached hydrogens (tertiary/aromatic N) is 2. The molecule has 0 spiro atoms. The molecule has 1 fully saturated rings. The molecule has 3 rings (SSSR count). The predicted molar refractivity (Wildman–Crippen MR) is 85.9 cm³/mol. The number of carbonyl (C=O) groups excluding carboxylic acids is 2. The van der Waals surface area contributed by atoms with Gasteiger partial charge in [0.25, 0.3) is 11.6 Å². The van der Waals surface area contributed by atoms with Gasteiger partial charge < -0.3 is 5.32 Å². The van der Waals surface area contributed by atoms with Crippen molar-refractivity contribution in [1.29, 1.82) is 0 Å². The summed E-state index contributed by atoms with van der Waals surface area (Å²) < 4.78 is 13.3. The molecule has 0 bridgehead atoms. The zero-order valence-corrected chi connectivity index (χ0v) is 13.2. The lowest BCUT2D eigenvalue weighted by atomic mass is 9.92. The van der Waals surface area contributed by atoms with E-state index in [1.807, 2.05) is 0 Å². The molecule has 0 saturated carbocycles. The van der Waals surface area contributed by atoms with Crippen LogP contribution >= 0.6 is 0 Å². The van der Waals surface area contributed by atoms with E-state index in [0.29, 0.717) is 11.1 Å². The molecule has 25 heavy (non-hydrogen) atoms. The van der Waals surface area contributed by atoms with Crippen molar-refractivity contribution >= 4 is 17.6 Å². The molecule has 7 nitrogen and oxygen atoms in total.